The Bertz CT molecular complexity index is 267. The van der Waals surface area contributed by atoms with Gasteiger partial charge in [-0.2, -0.15) is 0 Å². The second-order valence-corrected chi connectivity index (χ2v) is 4.09. The predicted octanol–water partition coefficient (Wildman–Crippen LogP) is -0.0571. The van der Waals surface area contributed by atoms with Gasteiger partial charge in [-0.25, -0.2) is 4.79 Å². The van der Waals surface area contributed by atoms with E-state index in [2.05, 4.69) is 15.5 Å². The maximum absolute atomic E-state index is 11.5. The van der Waals surface area contributed by atoms with Gasteiger partial charge in [0, 0.05) is 19.7 Å². The van der Waals surface area contributed by atoms with Gasteiger partial charge in [-0.05, 0) is 19.4 Å². The van der Waals surface area contributed by atoms with Crippen LogP contribution in [-0.4, -0.2) is 56.2 Å². The number of methoxy groups -OCH3 is 1. The SMILES string of the molecule is CCN(CC(=O)NC(=O)NCCOC)C1CC1. The highest BCUT2D eigenvalue weighted by Crippen LogP contribution is 2.25. The normalized spacial score (nSPS) is 14.8. The molecule has 2 N–H and O–H groups in total. The summed E-state index contributed by atoms with van der Waals surface area (Å²) >= 11 is 0. The summed E-state index contributed by atoms with van der Waals surface area (Å²) in [5, 5.41) is 4.84. The van der Waals surface area contributed by atoms with E-state index in [0.717, 1.165) is 19.4 Å². The van der Waals surface area contributed by atoms with Crippen LogP contribution in [0.1, 0.15) is 19.8 Å². The third kappa shape index (κ3) is 5.65. The van der Waals surface area contributed by atoms with E-state index in [0.29, 0.717) is 25.7 Å². The molecule has 0 radical (unpaired) electrons. The van der Waals surface area contributed by atoms with Gasteiger partial charge in [-0.15, -0.1) is 0 Å². The van der Waals surface area contributed by atoms with Crippen molar-refractivity contribution in [2.24, 2.45) is 0 Å². The lowest BCUT2D eigenvalue weighted by molar-refractivity contribution is -0.121. The fourth-order valence-corrected chi connectivity index (χ4v) is 1.60. The molecule has 1 saturated carbocycles. The lowest BCUT2D eigenvalue weighted by Crippen LogP contribution is -2.45. The molecule has 98 valence electrons. The Hall–Kier alpha value is -1.14. The minimum absolute atomic E-state index is 0.256. The number of likely N-dealkylation sites (N-methyl/N-ethyl adjacent to an activating group) is 1. The van der Waals surface area contributed by atoms with Crippen LogP contribution in [0.4, 0.5) is 4.79 Å². The van der Waals surface area contributed by atoms with Crippen molar-refractivity contribution >= 4 is 11.9 Å². The Labute approximate surface area is 102 Å². The second-order valence-electron chi connectivity index (χ2n) is 4.09. The maximum atomic E-state index is 11.5. The van der Waals surface area contributed by atoms with Crippen molar-refractivity contribution in [3.63, 3.8) is 0 Å². The third-order valence-corrected chi connectivity index (χ3v) is 2.66. The standard InChI is InChI=1S/C11H21N3O3/c1-3-14(9-4-5-9)8-10(15)13-11(16)12-6-7-17-2/h9H,3-8H2,1-2H3,(H2,12,13,15,16). The van der Waals surface area contributed by atoms with E-state index >= 15 is 0 Å². The number of nitrogens with one attached hydrogen (secondary N) is 2. The highest BCUT2D eigenvalue weighted by Gasteiger charge is 2.29. The van der Waals surface area contributed by atoms with Gasteiger partial charge >= 0.3 is 6.03 Å². The highest BCUT2D eigenvalue weighted by atomic mass is 16.5. The highest BCUT2D eigenvalue weighted by molar-refractivity contribution is 5.95. The minimum Gasteiger partial charge on any atom is -0.383 e. The molecule has 0 aromatic rings. The molecule has 0 aromatic carbocycles. The second kappa shape index (κ2) is 7.24. The van der Waals surface area contributed by atoms with E-state index in [9.17, 15) is 9.59 Å². The fraction of sp³-hybridized carbons (Fsp3) is 0.818. The zero-order valence-electron chi connectivity index (χ0n) is 10.5. The number of nitrogens with zero attached hydrogens (tertiary/aromatic N) is 1. The van der Waals surface area contributed by atoms with Crippen LogP contribution in [-0.2, 0) is 9.53 Å². The number of amides is 3. The number of rotatable bonds is 7. The molecule has 1 fully saturated rings. The zero-order chi connectivity index (χ0) is 12.7. The van der Waals surface area contributed by atoms with Crippen molar-refractivity contribution in [1.82, 2.24) is 15.5 Å². The van der Waals surface area contributed by atoms with Crippen LogP contribution in [0, 0.1) is 0 Å². The smallest absolute Gasteiger partial charge is 0.321 e. The molecule has 0 atom stereocenters. The largest absolute Gasteiger partial charge is 0.383 e. The van der Waals surface area contributed by atoms with Gasteiger partial charge in [-0.1, -0.05) is 6.92 Å². The third-order valence-electron chi connectivity index (χ3n) is 2.66. The van der Waals surface area contributed by atoms with Crippen molar-refractivity contribution in [1.29, 1.82) is 0 Å². The van der Waals surface area contributed by atoms with Crippen molar-refractivity contribution in [3.05, 3.63) is 0 Å². The number of hydrogen-bond acceptors (Lipinski definition) is 4. The molecule has 0 aliphatic heterocycles. The lowest BCUT2D eigenvalue weighted by Gasteiger charge is -2.18. The first kappa shape index (κ1) is 13.9. The number of imide groups is 1. The van der Waals surface area contributed by atoms with Crippen molar-refractivity contribution in [3.8, 4) is 0 Å². The summed E-state index contributed by atoms with van der Waals surface area (Å²) in [5.74, 6) is -0.256. The van der Waals surface area contributed by atoms with Gasteiger partial charge in [0.05, 0.1) is 13.2 Å². The number of urea groups is 1. The molecule has 0 heterocycles. The molecule has 0 spiro atoms. The minimum atomic E-state index is -0.459. The molecule has 1 aliphatic carbocycles. The van der Waals surface area contributed by atoms with Crippen molar-refractivity contribution in [2.75, 3.05) is 33.4 Å². The van der Waals surface area contributed by atoms with E-state index in [1.54, 1.807) is 7.11 Å². The molecular weight excluding hydrogens is 222 g/mol. The van der Waals surface area contributed by atoms with Crippen LogP contribution in [0.2, 0.25) is 0 Å². The van der Waals surface area contributed by atoms with E-state index in [4.69, 9.17) is 4.74 Å². The zero-order valence-corrected chi connectivity index (χ0v) is 10.5. The molecular formula is C11H21N3O3. The topological polar surface area (TPSA) is 70.7 Å². The Kier molecular flexibility index (Phi) is 5.93. The maximum Gasteiger partial charge on any atom is 0.321 e. The molecule has 0 unspecified atom stereocenters. The molecule has 6 nitrogen and oxygen atoms in total. The molecule has 0 bridgehead atoms. The summed E-state index contributed by atoms with van der Waals surface area (Å²) in [6.45, 7) is 3.98. The number of hydrogen-bond donors (Lipinski definition) is 2. The van der Waals surface area contributed by atoms with Crippen molar-refractivity contribution < 1.29 is 14.3 Å². The van der Waals surface area contributed by atoms with E-state index in [-0.39, 0.29) is 5.91 Å². The summed E-state index contributed by atoms with van der Waals surface area (Å²) in [4.78, 5) is 24.9. The Morgan fingerprint density at radius 1 is 1.41 bits per heavy atom. The quantitative estimate of drug-likeness (QED) is 0.615. The van der Waals surface area contributed by atoms with E-state index in [1.165, 1.54) is 0 Å². The lowest BCUT2D eigenvalue weighted by atomic mass is 10.4. The number of ether oxygens (including phenoxy) is 1. The summed E-state index contributed by atoms with van der Waals surface area (Å²) < 4.78 is 4.78. The summed E-state index contributed by atoms with van der Waals surface area (Å²) in [7, 11) is 1.56. The van der Waals surface area contributed by atoms with E-state index in [1.807, 2.05) is 6.92 Å². The Morgan fingerprint density at radius 2 is 2.12 bits per heavy atom. The Balaban J connectivity index is 2.16. The van der Waals surface area contributed by atoms with Gasteiger partial charge in [-0.3, -0.25) is 15.0 Å². The molecule has 1 rings (SSSR count). The fourth-order valence-electron chi connectivity index (χ4n) is 1.60. The first-order valence-electron chi connectivity index (χ1n) is 5.98. The van der Waals surface area contributed by atoms with Crippen LogP contribution in [0.25, 0.3) is 0 Å². The molecule has 3 amide bonds. The van der Waals surface area contributed by atoms with Crippen molar-refractivity contribution in [2.45, 2.75) is 25.8 Å². The molecule has 6 heteroatoms. The van der Waals surface area contributed by atoms with Gasteiger partial charge in [0.1, 0.15) is 0 Å². The van der Waals surface area contributed by atoms with Gasteiger partial charge in [0.15, 0.2) is 0 Å². The molecule has 17 heavy (non-hydrogen) atoms. The van der Waals surface area contributed by atoms with Gasteiger partial charge < -0.3 is 10.1 Å². The molecule has 0 aromatic heterocycles. The van der Waals surface area contributed by atoms with Gasteiger partial charge in [0.25, 0.3) is 0 Å². The van der Waals surface area contributed by atoms with Gasteiger partial charge in [0.2, 0.25) is 5.91 Å². The van der Waals surface area contributed by atoms with Crippen LogP contribution in [0.15, 0.2) is 0 Å². The molecule has 0 saturated heterocycles. The summed E-state index contributed by atoms with van der Waals surface area (Å²) in [6, 6.07) is 0.0706. The predicted molar refractivity (Wildman–Crippen MR) is 63.7 cm³/mol. The Morgan fingerprint density at radius 3 is 2.65 bits per heavy atom. The van der Waals surface area contributed by atoms with Crippen LogP contribution in [0.5, 0.6) is 0 Å². The first-order chi connectivity index (χ1) is 8.17. The van der Waals surface area contributed by atoms with E-state index < -0.39 is 6.03 Å². The average molecular weight is 243 g/mol. The first-order valence-corrected chi connectivity index (χ1v) is 5.98. The average Bonchev–Trinajstić information content (AvgIpc) is 3.10. The van der Waals surface area contributed by atoms with Crippen LogP contribution < -0.4 is 10.6 Å². The number of carbonyl (C=O) groups is 2. The monoisotopic (exact) mass is 243 g/mol. The van der Waals surface area contributed by atoms with Crippen LogP contribution >= 0.6 is 0 Å². The van der Waals surface area contributed by atoms with Crippen LogP contribution in [0.3, 0.4) is 0 Å². The summed E-state index contributed by atoms with van der Waals surface area (Å²) in [6.07, 6.45) is 2.31. The molecule has 1 aliphatic rings. The summed E-state index contributed by atoms with van der Waals surface area (Å²) in [5.41, 5.74) is 0. The number of carbonyl (C=O) groups excluding carboxylic acids is 2.